The number of nitro groups is 1. The van der Waals surface area contributed by atoms with Crippen LogP contribution in [0.25, 0.3) is 6.08 Å². The van der Waals surface area contributed by atoms with Crippen molar-refractivity contribution in [3.05, 3.63) is 42.5 Å². The number of methoxy groups -OCH3 is 1. The van der Waals surface area contributed by atoms with Gasteiger partial charge < -0.3 is 4.74 Å². The summed E-state index contributed by atoms with van der Waals surface area (Å²) in [6, 6.07) is 3.61. The SMILES string of the molecule is CCC(=Cc1cc(Br)cc(Br)c1OC)[N+](=O)[O-]. The lowest BCUT2D eigenvalue weighted by Gasteiger charge is -2.08. The van der Waals surface area contributed by atoms with Gasteiger partial charge in [-0.2, -0.15) is 0 Å². The molecule has 0 aliphatic carbocycles. The fourth-order valence-electron chi connectivity index (χ4n) is 1.37. The van der Waals surface area contributed by atoms with Crippen LogP contribution in [-0.2, 0) is 0 Å². The zero-order valence-corrected chi connectivity index (χ0v) is 12.5. The van der Waals surface area contributed by atoms with E-state index in [0.29, 0.717) is 17.7 Å². The van der Waals surface area contributed by atoms with Crippen molar-refractivity contribution in [2.24, 2.45) is 0 Å². The summed E-state index contributed by atoms with van der Waals surface area (Å²) in [6.07, 6.45) is 1.88. The molecule has 1 aromatic rings. The maximum Gasteiger partial charge on any atom is 0.246 e. The Balaban J connectivity index is 3.34. The van der Waals surface area contributed by atoms with Gasteiger partial charge in [0.1, 0.15) is 5.75 Å². The molecule has 1 aromatic carbocycles. The lowest BCUT2D eigenvalue weighted by molar-refractivity contribution is -0.425. The normalized spacial score (nSPS) is 11.4. The van der Waals surface area contributed by atoms with Crippen molar-refractivity contribution in [1.82, 2.24) is 0 Å². The molecule has 0 saturated carbocycles. The Morgan fingerprint density at radius 2 is 2.18 bits per heavy atom. The van der Waals surface area contributed by atoms with Crippen LogP contribution in [0.3, 0.4) is 0 Å². The molecule has 0 aliphatic heterocycles. The summed E-state index contributed by atoms with van der Waals surface area (Å²) >= 11 is 6.69. The summed E-state index contributed by atoms with van der Waals surface area (Å²) in [5.41, 5.74) is 0.815. The molecule has 0 radical (unpaired) electrons. The number of hydrogen-bond donors (Lipinski definition) is 0. The molecule has 0 unspecified atom stereocenters. The van der Waals surface area contributed by atoms with E-state index in [2.05, 4.69) is 31.9 Å². The van der Waals surface area contributed by atoms with E-state index in [4.69, 9.17) is 4.74 Å². The van der Waals surface area contributed by atoms with Gasteiger partial charge in [0.25, 0.3) is 0 Å². The second kappa shape index (κ2) is 6.16. The molecule has 1 rings (SSSR count). The Bertz CT molecular complexity index is 472. The number of benzene rings is 1. The first kappa shape index (κ1) is 14.2. The number of halogens is 2. The molecule has 0 aromatic heterocycles. The van der Waals surface area contributed by atoms with Crippen LogP contribution in [0, 0.1) is 10.1 Å². The van der Waals surface area contributed by atoms with Gasteiger partial charge in [-0.3, -0.25) is 10.1 Å². The zero-order valence-electron chi connectivity index (χ0n) is 9.37. The number of nitrogens with zero attached hydrogens (tertiary/aromatic N) is 1. The molecular weight excluding hydrogens is 354 g/mol. The van der Waals surface area contributed by atoms with Gasteiger partial charge >= 0.3 is 0 Å². The van der Waals surface area contributed by atoms with E-state index in [-0.39, 0.29) is 10.6 Å². The Hall–Kier alpha value is -0.880. The molecule has 0 bridgehead atoms. The molecule has 0 spiro atoms. The minimum Gasteiger partial charge on any atom is -0.495 e. The third-order valence-electron chi connectivity index (χ3n) is 2.16. The molecule has 0 saturated heterocycles. The van der Waals surface area contributed by atoms with Crippen LogP contribution in [0.1, 0.15) is 18.9 Å². The van der Waals surface area contributed by atoms with Gasteiger partial charge in [-0.05, 0) is 28.1 Å². The predicted molar refractivity (Wildman–Crippen MR) is 73.7 cm³/mol. The molecule has 0 heterocycles. The largest absolute Gasteiger partial charge is 0.495 e. The first-order valence-corrected chi connectivity index (χ1v) is 6.46. The second-order valence-corrected chi connectivity index (χ2v) is 5.03. The van der Waals surface area contributed by atoms with Crippen LogP contribution in [0.5, 0.6) is 5.75 Å². The molecule has 6 heteroatoms. The summed E-state index contributed by atoms with van der Waals surface area (Å²) in [7, 11) is 1.53. The van der Waals surface area contributed by atoms with Crippen molar-refractivity contribution in [1.29, 1.82) is 0 Å². The quantitative estimate of drug-likeness (QED) is 0.592. The van der Waals surface area contributed by atoms with Crippen LogP contribution >= 0.6 is 31.9 Å². The maximum atomic E-state index is 10.8. The van der Waals surface area contributed by atoms with E-state index in [9.17, 15) is 10.1 Å². The topological polar surface area (TPSA) is 52.4 Å². The monoisotopic (exact) mass is 363 g/mol. The van der Waals surface area contributed by atoms with Crippen molar-refractivity contribution in [3.8, 4) is 5.75 Å². The summed E-state index contributed by atoms with van der Waals surface area (Å²) in [5.74, 6) is 0.584. The van der Waals surface area contributed by atoms with Gasteiger partial charge in [0.15, 0.2) is 0 Å². The molecule has 0 N–H and O–H groups in total. The molecule has 0 atom stereocenters. The van der Waals surface area contributed by atoms with Crippen LogP contribution in [0.2, 0.25) is 0 Å². The van der Waals surface area contributed by atoms with Crippen LogP contribution in [0.4, 0.5) is 0 Å². The molecule has 0 aliphatic rings. The van der Waals surface area contributed by atoms with Gasteiger partial charge in [0.2, 0.25) is 5.70 Å². The van der Waals surface area contributed by atoms with E-state index >= 15 is 0 Å². The van der Waals surface area contributed by atoms with Crippen molar-refractivity contribution < 1.29 is 9.66 Å². The number of allylic oxidation sites excluding steroid dienone is 1. The van der Waals surface area contributed by atoms with E-state index in [1.165, 1.54) is 13.2 Å². The first-order chi connectivity index (χ1) is 7.99. The standard InChI is InChI=1S/C11H11Br2NO3/c1-3-9(14(15)16)5-7-4-8(12)6-10(13)11(7)17-2/h4-6H,3H2,1-2H3. The highest BCUT2D eigenvalue weighted by Gasteiger charge is 2.12. The number of ether oxygens (including phenoxy) is 1. The minimum absolute atomic E-state index is 0.147. The van der Waals surface area contributed by atoms with Gasteiger partial charge in [-0.25, -0.2) is 0 Å². The van der Waals surface area contributed by atoms with Crippen LogP contribution in [-0.4, -0.2) is 12.0 Å². The summed E-state index contributed by atoms with van der Waals surface area (Å²) in [4.78, 5) is 10.4. The number of hydrogen-bond acceptors (Lipinski definition) is 3. The third kappa shape index (κ3) is 3.54. The highest BCUT2D eigenvalue weighted by Crippen LogP contribution is 2.34. The Morgan fingerprint density at radius 3 is 2.65 bits per heavy atom. The highest BCUT2D eigenvalue weighted by atomic mass is 79.9. The lowest BCUT2D eigenvalue weighted by Crippen LogP contribution is -1.98. The highest BCUT2D eigenvalue weighted by molar-refractivity contribution is 9.11. The minimum atomic E-state index is -0.381. The van der Waals surface area contributed by atoms with Crippen molar-refractivity contribution >= 4 is 37.9 Å². The third-order valence-corrected chi connectivity index (χ3v) is 3.21. The van der Waals surface area contributed by atoms with E-state index in [0.717, 1.165) is 8.95 Å². The molecule has 92 valence electrons. The van der Waals surface area contributed by atoms with Crippen molar-refractivity contribution in [3.63, 3.8) is 0 Å². The van der Waals surface area contributed by atoms with E-state index < -0.39 is 0 Å². The van der Waals surface area contributed by atoms with Crippen LogP contribution in [0.15, 0.2) is 26.8 Å². The summed E-state index contributed by atoms with van der Waals surface area (Å²) in [5, 5.41) is 10.8. The van der Waals surface area contributed by atoms with Gasteiger partial charge in [0.05, 0.1) is 16.5 Å². The summed E-state index contributed by atoms with van der Waals surface area (Å²) < 4.78 is 6.80. The smallest absolute Gasteiger partial charge is 0.246 e. The molecule has 4 nitrogen and oxygen atoms in total. The molecule has 17 heavy (non-hydrogen) atoms. The fraction of sp³-hybridized carbons (Fsp3) is 0.273. The van der Waals surface area contributed by atoms with Crippen LogP contribution < -0.4 is 4.74 Å². The second-order valence-electron chi connectivity index (χ2n) is 3.26. The molecule has 0 amide bonds. The first-order valence-electron chi connectivity index (χ1n) is 4.87. The van der Waals surface area contributed by atoms with Crippen molar-refractivity contribution in [2.45, 2.75) is 13.3 Å². The van der Waals surface area contributed by atoms with Crippen molar-refractivity contribution in [2.75, 3.05) is 7.11 Å². The Morgan fingerprint density at radius 1 is 1.53 bits per heavy atom. The van der Waals surface area contributed by atoms with E-state index in [1.807, 2.05) is 6.07 Å². The maximum absolute atomic E-state index is 10.8. The average molecular weight is 365 g/mol. The molecular formula is C11H11Br2NO3. The van der Waals surface area contributed by atoms with Gasteiger partial charge in [0, 0.05) is 22.5 Å². The average Bonchev–Trinajstić information content (AvgIpc) is 2.24. The predicted octanol–water partition coefficient (Wildman–Crippen LogP) is 4.25. The lowest BCUT2D eigenvalue weighted by atomic mass is 10.1. The number of rotatable bonds is 4. The van der Waals surface area contributed by atoms with Gasteiger partial charge in [-0.1, -0.05) is 22.9 Å². The zero-order chi connectivity index (χ0) is 13.0. The fourth-order valence-corrected chi connectivity index (χ4v) is 2.79. The molecule has 0 fully saturated rings. The Kier molecular flexibility index (Phi) is 5.14. The van der Waals surface area contributed by atoms with E-state index in [1.54, 1.807) is 13.0 Å². The van der Waals surface area contributed by atoms with Gasteiger partial charge in [-0.15, -0.1) is 0 Å². The summed E-state index contributed by atoms with van der Waals surface area (Å²) in [6.45, 7) is 1.74. The Labute approximate surface area is 116 Å².